The van der Waals surface area contributed by atoms with Crippen molar-refractivity contribution in [2.24, 2.45) is 5.10 Å². The molecule has 0 unspecified atom stereocenters. The molecule has 1 atom stereocenters. The Balaban J connectivity index is 2.16. The van der Waals surface area contributed by atoms with E-state index >= 15 is 0 Å². The number of carbonyl (C=O) groups excluding carboxylic acids is 1. The predicted octanol–water partition coefficient (Wildman–Crippen LogP) is 1.98. The lowest BCUT2D eigenvalue weighted by Gasteiger charge is -2.27. The lowest BCUT2D eigenvalue weighted by atomic mass is 10.2. The molecule has 1 aromatic heterocycles. The van der Waals surface area contributed by atoms with Crippen molar-refractivity contribution < 1.29 is 22.4 Å². The maximum absolute atomic E-state index is 12.3. The van der Waals surface area contributed by atoms with Crippen LogP contribution in [-0.2, 0) is 14.8 Å². The molecule has 1 amide bonds. The van der Waals surface area contributed by atoms with Gasteiger partial charge in [0.05, 0.1) is 31.0 Å². The summed E-state index contributed by atoms with van der Waals surface area (Å²) >= 11 is 0. The van der Waals surface area contributed by atoms with E-state index in [2.05, 4.69) is 10.5 Å². The molecule has 2 aromatic rings. The molecule has 0 saturated carbocycles. The fourth-order valence-electron chi connectivity index (χ4n) is 2.28. The molecule has 0 fully saturated rings. The molecular weight excluding hydrogens is 358 g/mol. The van der Waals surface area contributed by atoms with Gasteiger partial charge in [0.2, 0.25) is 10.0 Å². The van der Waals surface area contributed by atoms with Crippen LogP contribution in [0.25, 0.3) is 0 Å². The number of amides is 1. The second-order valence-corrected chi connectivity index (χ2v) is 7.27. The van der Waals surface area contributed by atoms with Gasteiger partial charge in [0, 0.05) is 0 Å². The van der Waals surface area contributed by atoms with Crippen molar-refractivity contribution >= 4 is 27.8 Å². The van der Waals surface area contributed by atoms with Crippen molar-refractivity contribution in [3.8, 4) is 5.75 Å². The van der Waals surface area contributed by atoms with Crippen LogP contribution in [-0.4, -0.2) is 39.4 Å². The summed E-state index contributed by atoms with van der Waals surface area (Å²) in [5.41, 5.74) is 2.67. The number of nitrogens with one attached hydrogen (secondary N) is 1. The Hall–Kier alpha value is -2.81. The van der Waals surface area contributed by atoms with Crippen LogP contribution in [0.1, 0.15) is 19.6 Å². The van der Waals surface area contributed by atoms with E-state index in [-0.39, 0.29) is 0 Å². The van der Waals surface area contributed by atoms with Crippen LogP contribution in [0.5, 0.6) is 5.75 Å². The molecule has 0 aliphatic carbocycles. The molecule has 1 heterocycles. The first-order chi connectivity index (χ1) is 12.3. The molecule has 0 saturated heterocycles. The fourth-order valence-corrected chi connectivity index (χ4v) is 3.46. The van der Waals surface area contributed by atoms with Crippen molar-refractivity contribution in [1.82, 2.24) is 5.43 Å². The molecule has 140 valence electrons. The van der Waals surface area contributed by atoms with Gasteiger partial charge < -0.3 is 9.15 Å². The number of nitrogens with zero attached hydrogens (tertiary/aromatic N) is 2. The van der Waals surface area contributed by atoms with Gasteiger partial charge in [-0.25, -0.2) is 13.8 Å². The van der Waals surface area contributed by atoms with Crippen molar-refractivity contribution in [2.45, 2.75) is 19.9 Å². The summed E-state index contributed by atoms with van der Waals surface area (Å²) in [4.78, 5) is 12.3. The molecule has 2 rings (SSSR count). The van der Waals surface area contributed by atoms with Crippen LogP contribution >= 0.6 is 0 Å². The van der Waals surface area contributed by atoms with Crippen LogP contribution in [0.3, 0.4) is 0 Å². The third kappa shape index (κ3) is 5.09. The first-order valence-electron chi connectivity index (χ1n) is 7.91. The standard InChI is InChI=1S/C17H21N3O5S/c1-4-24-15-9-7-14(8-10-15)20(26(3,22)23)13(2)17(21)19-18-12-16-6-5-11-25-16/h5-13H,4H2,1-3H3,(H,19,21)/b18-12-/t13-/m0/s1. The van der Waals surface area contributed by atoms with Crippen LogP contribution in [0.4, 0.5) is 5.69 Å². The molecule has 8 nitrogen and oxygen atoms in total. The Morgan fingerprint density at radius 3 is 2.58 bits per heavy atom. The maximum Gasteiger partial charge on any atom is 0.263 e. The van der Waals surface area contributed by atoms with Crippen molar-refractivity contribution in [1.29, 1.82) is 0 Å². The number of anilines is 1. The van der Waals surface area contributed by atoms with Crippen LogP contribution in [0.2, 0.25) is 0 Å². The first kappa shape index (κ1) is 19.5. The predicted molar refractivity (Wildman–Crippen MR) is 98.8 cm³/mol. The van der Waals surface area contributed by atoms with E-state index in [4.69, 9.17) is 9.15 Å². The maximum atomic E-state index is 12.3. The van der Waals surface area contributed by atoms with Crippen LogP contribution in [0.15, 0.2) is 52.2 Å². The molecule has 1 aromatic carbocycles. The Labute approximate surface area is 152 Å². The highest BCUT2D eigenvalue weighted by molar-refractivity contribution is 7.92. The van der Waals surface area contributed by atoms with Gasteiger partial charge in [0.25, 0.3) is 5.91 Å². The van der Waals surface area contributed by atoms with E-state index in [0.29, 0.717) is 23.8 Å². The SMILES string of the molecule is CCOc1ccc(N([C@@H](C)C(=O)N/N=C\c2ccco2)S(C)(=O)=O)cc1. The second-order valence-electron chi connectivity index (χ2n) is 5.41. The Morgan fingerprint density at radius 1 is 1.35 bits per heavy atom. The van der Waals surface area contributed by atoms with Gasteiger partial charge in [0.1, 0.15) is 17.6 Å². The quantitative estimate of drug-likeness (QED) is 0.558. The lowest BCUT2D eigenvalue weighted by molar-refractivity contribution is -0.121. The third-order valence-corrected chi connectivity index (χ3v) is 4.64. The summed E-state index contributed by atoms with van der Waals surface area (Å²) in [6, 6.07) is 8.82. The molecular formula is C17H21N3O5S. The topological polar surface area (TPSA) is 101 Å². The highest BCUT2D eigenvalue weighted by Gasteiger charge is 2.29. The second kappa shape index (κ2) is 8.52. The number of furan rings is 1. The minimum Gasteiger partial charge on any atom is -0.494 e. The van der Waals surface area contributed by atoms with Gasteiger partial charge in [0.15, 0.2) is 0 Å². The number of hydrogen-bond donors (Lipinski definition) is 1. The summed E-state index contributed by atoms with van der Waals surface area (Å²) in [5.74, 6) is 0.501. The number of rotatable bonds is 8. The smallest absolute Gasteiger partial charge is 0.263 e. The normalized spacial score (nSPS) is 12.7. The van der Waals surface area contributed by atoms with Gasteiger partial charge in [-0.15, -0.1) is 0 Å². The van der Waals surface area contributed by atoms with Crippen molar-refractivity contribution in [2.75, 3.05) is 17.2 Å². The summed E-state index contributed by atoms with van der Waals surface area (Å²) in [6.45, 7) is 3.84. The van der Waals surface area contributed by atoms with E-state index in [1.54, 1.807) is 36.4 Å². The zero-order valence-corrected chi connectivity index (χ0v) is 15.6. The van der Waals surface area contributed by atoms with E-state index in [1.165, 1.54) is 19.4 Å². The Kier molecular flexibility index (Phi) is 6.40. The number of ether oxygens (including phenoxy) is 1. The van der Waals surface area contributed by atoms with E-state index in [9.17, 15) is 13.2 Å². The largest absolute Gasteiger partial charge is 0.494 e. The molecule has 26 heavy (non-hydrogen) atoms. The van der Waals surface area contributed by atoms with Gasteiger partial charge in [-0.05, 0) is 50.2 Å². The zero-order valence-electron chi connectivity index (χ0n) is 14.7. The highest BCUT2D eigenvalue weighted by atomic mass is 32.2. The molecule has 9 heteroatoms. The zero-order chi connectivity index (χ0) is 19.2. The average Bonchev–Trinajstić information content (AvgIpc) is 3.09. The highest BCUT2D eigenvalue weighted by Crippen LogP contribution is 2.24. The molecule has 1 N–H and O–H groups in total. The molecule has 0 bridgehead atoms. The molecule has 0 aliphatic heterocycles. The number of hydrogen-bond acceptors (Lipinski definition) is 6. The Morgan fingerprint density at radius 2 is 2.04 bits per heavy atom. The van der Waals surface area contributed by atoms with Crippen LogP contribution in [0, 0.1) is 0 Å². The number of carbonyl (C=O) groups is 1. The average molecular weight is 379 g/mol. The summed E-state index contributed by atoms with van der Waals surface area (Å²) in [7, 11) is -3.69. The number of hydrazone groups is 1. The van der Waals surface area contributed by atoms with Gasteiger partial charge in [-0.3, -0.25) is 9.10 Å². The summed E-state index contributed by atoms with van der Waals surface area (Å²) in [6.07, 6.45) is 3.84. The monoisotopic (exact) mass is 379 g/mol. The molecule has 0 aliphatic rings. The lowest BCUT2D eigenvalue weighted by Crippen LogP contribution is -2.46. The fraction of sp³-hybridized carbons (Fsp3) is 0.294. The van der Waals surface area contributed by atoms with Crippen molar-refractivity contribution in [3.05, 3.63) is 48.4 Å². The minimum atomic E-state index is -3.69. The van der Waals surface area contributed by atoms with Gasteiger partial charge >= 0.3 is 0 Å². The van der Waals surface area contributed by atoms with Crippen LogP contribution < -0.4 is 14.5 Å². The molecule has 0 spiro atoms. The summed E-state index contributed by atoms with van der Waals surface area (Å²) in [5, 5.41) is 3.77. The van der Waals surface area contributed by atoms with Crippen molar-refractivity contribution in [3.63, 3.8) is 0 Å². The first-order valence-corrected chi connectivity index (χ1v) is 9.76. The van der Waals surface area contributed by atoms with E-state index in [1.807, 2.05) is 6.92 Å². The number of benzene rings is 1. The van der Waals surface area contributed by atoms with Gasteiger partial charge in [-0.2, -0.15) is 5.10 Å². The van der Waals surface area contributed by atoms with Gasteiger partial charge in [-0.1, -0.05) is 0 Å². The number of sulfonamides is 1. The summed E-state index contributed by atoms with van der Waals surface area (Å²) < 4.78 is 35.9. The third-order valence-electron chi connectivity index (χ3n) is 3.40. The molecule has 0 radical (unpaired) electrons. The Bertz CT molecular complexity index is 845. The van der Waals surface area contributed by atoms with E-state index in [0.717, 1.165) is 10.6 Å². The minimum absolute atomic E-state index is 0.355. The van der Waals surface area contributed by atoms with E-state index < -0.39 is 22.0 Å².